The zero-order valence-electron chi connectivity index (χ0n) is 13.4. The molecule has 0 spiro atoms. The molecule has 2 heteroatoms. The van der Waals surface area contributed by atoms with Crippen molar-refractivity contribution in [3.63, 3.8) is 0 Å². The monoisotopic (exact) mass is 288 g/mol. The van der Waals surface area contributed by atoms with Gasteiger partial charge in [-0.15, -0.1) is 0 Å². The molecule has 2 nitrogen and oxygen atoms in total. The Morgan fingerprint density at radius 2 is 1.81 bits per heavy atom. The predicted molar refractivity (Wildman–Crippen MR) is 83.5 cm³/mol. The molecule has 0 unspecified atom stereocenters. The van der Waals surface area contributed by atoms with Crippen LogP contribution in [0.15, 0.2) is 22.8 Å². The Bertz CT molecular complexity index is 542. The highest BCUT2D eigenvalue weighted by Crippen LogP contribution is 2.62. The lowest BCUT2D eigenvalue weighted by molar-refractivity contribution is -0.134. The van der Waals surface area contributed by atoms with Crippen LogP contribution in [0.2, 0.25) is 0 Å². The number of aliphatic hydroxyl groups is 2. The Kier molecular flexibility index (Phi) is 2.83. The van der Waals surface area contributed by atoms with E-state index in [4.69, 9.17) is 0 Å². The van der Waals surface area contributed by atoms with Crippen LogP contribution in [0, 0.1) is 16.7 Å². The molecular formula is C19H28O2. The topological polar surface area (TPSA) is 40.5 Å². The van der Waals surface area contributed by atoms with Crippen LogP contribution in [-0.2, 0) is 0 Å². The van der Waals surface area contributed by atoms with Crippen LogP contribution >= 0.6 is 0 Å². The van der Waals surface area contributed by atoms with Gasteiger partial charge in [0.05, 0.1) is 0 Å². The average molecular weight is 288 g/mol. The fourth-order valence-corrected chi connectivity index (χ4v) is 5.93. The zero-order valence-corrected chi connectivity index (χ0v) is 13.4. The van der Waals surface area contributed by atoms with Crippen LogP contribution < -0.4 is 0 Å². The molecule has 0 aromatic carbocycles. The molecule has 0 aliphatic heterocycles. The average Bonchev–Trinajstić information content (AvgIpc) is 2.81. The third-order valence-corrected chi connectivity index (χ3v) is 7.27. The summed E-state index contributed by atoms with van der Waals surface area (Å²) in [6.07, 6.45) is 12.1. The highest BCUT2D eigenvalue weighted by molar-refractivity contribution is 5.42. The van der Waals surface area contributed by atoms with Crippen molar-refractivity contribution in [2.75, 3.05) is 0 Å². The highest BCUT2D eigenvalue weighted by atomic mass is 16.5. The van der Waals surface area contributed by atoms with Crippen LogP contribution in [0.4, 0.5) is 0 Å². The minimum absolute atomic E-state index is 0.118. The third-order valence-electron chi connectivity index (χ3n) is 7.27. The van der Waals surface area contributed by atoms with Gasteiger partial charge in [-0.2, -0.15) is 0 Å². The van der Waals surface area contributed by atoms with Gasteiger partial charge in [-0.25, -0.2) is 0 Å². The zero-order chi connectivity index (χ0) is 14.9. The molecule has 0 aromatic rings. The molecule has 0 aromatic heterocycles. The summed E-state index contributed by atoms with van der Waals surface area (Å²) in [5, 5.41) is 20.0. The van der Waals surface area contributed by atoms with Gasteiger partial charge in [0.15, 0.2) is 5.79 Å². The molecule has 116 valence electrons. The number of allylic oxidation sites excluding steroid dienone is 3. The van der Waals surface area contributed by atoms with E-state index >= 15 is 0 Å². The van der Waals surface area contributed by atoms with Crippen LogP contribution in [0.5, 0.6) is 0 Å². The summed E-state index contributed by atoms with van der Waals surface area (Å²) in [5.74, 6) is -0.752. The summed E-state index contributed by atoms with van der Waals surface area (Å²) in [7, 11) is 0. The summed E-state index contributed by atoms with van der Waals surface area (Å²) in [4.78, 5) is 0. The molecule has 4 aliphatic rings. The second-order valence-corrected chi connectivity index (χ2v) is 8.48. The first-order valence-corrected chi connectivity index (χ1v) is 8.74. The van der Waals surface area contributed by atoms with Crippen LogP contribution in [0.25, 0.3) is 0 Å². The fraction of sp³-hybridized carbons (Fsp3) is 0.789. The van der Waals surface area contributed by atoms with Gasteiger partial charge in [0.25, 0.3) is 0 Å². The van der Waals surface area contributed by atoms with E-state index in [9.17, 15) is 10.2 Å². The molecular weight excluding hydrogens is 260 g/mol. The summed E-state index contributed by atoms with van der Waals surface area (Å²) in [5.41, 5.74) is 5.41. The van der Waals surface area contributed by atoms with E-state index in [1.54, 1.807) is 17.2 Å². The molecule has 2 N–H and O–H groups in total. The van der Waals surface area contributed by atoms with Crippen LogP contribution in [0.1, 0.15) is 71.6 Å². The molecule has 1 saturated carbocycles. The van der Waals surface area contributed by atoms with E-state index in [1.807, 2.05) is 0 Å². The molecule has 3 atom stereocenters. The molecule has 21 heavy (non-hydrogen) atoms. The summed E-state index contributed by atoms with van der Waals surface area (Å²) < 4.78 is 0. The molecule has 0 amide bonds. The quantitative estimate of drug-likeness (QED) is 0.521. The summed E-state index contributed by atoms with van der Waals surface area (Å²) in [6.45, 7) is 4.87. The standard InChI is InChI=1S/C19H28O2/c1-17-8-3-4-15(17)14-6-5-13-12-19(20,21)11-10-18(13,2)16(14)7-9-17/h12,15,20-21H,3-11H2,1-2H3/t15-,17-,18-/m0/s1. The van der Waals surface area contributed by atoms with Gasteiger partial charge < -0.3 is 10.2 Å². The minimum Gasteiger partial charge on any atom is -0.362 e. The SMILES string of the molecule is C[C@]12CCC(O)(O)C=C1CCC1=C2CC[C@]2(C)CCC[C@@H]12. The van der Waals surface area contributed by atoms with Crippen LogP contribution in [0.3, 0.4) is 0 Å². The van der Waals surface area contributed by atoms with Gasteiger partial charge in [-0.3, -0.25) is 0 Å². The Labute approximate surface area is 127 Å². The lowest BCUT2D eigenvalue weighted by Gasteiger charge is -2.51. The predicted octanol–water partition coefficient (Wildman–Crippen LogP) is 4.08. The maximum Gasteiger partial charge on any atom is 0.182 e. The van der Waals surface area contributed by atoms with E-state index < -0.39 is 5.79 Å². The summed E-state index contributed by atoms with van der Waals surface area (Å²) in [6, 6.07) is 0. The first-order chi connectivity index (χ1) is 9.84. The Hall–Kier alpha value is -0.600. The van der Waals surface area contributed by atoms with Crippen molar-refractivity contribution in [3.8, 4) is 0 Å². The normalized spacial score (nSPS) is 44.8. The van der Waals surface area contributed by atoms with Crippen molar-refractivity contribution in [1.82, 2.24) is 0 Å². The van der Waals surface area contributed by atoms with Gasteiger partial charge >= 0.3 is 0 Å². The van der Waals surface area contributed by atoms with E-state index in [0.29, 0.717) is 11.8 Å². The molecule has 4 aliphatic carbocycles. The van der Waals surface area contributed by atoms with Crippen molar-refractivity contribution in [1.29, 1.82) is 0 Å². The van der Waals surface area contributed by atoms with E-state index in [1.165, 1.54) is 37.7 Å². The first-order valence-electron chi connectivity index (χ1n) is 8.74. The van der Waals surface area contributed by atoms with Gasteiger partial charge in [-0.1, -0.05) is 37.0 Å². The van der Waals surface area contributed by atoms with Gasteiger partial charge in [-0.05, 0) is 62.4 Å². The van der Waals surface area contributed by atoms with Crippen LogP contribution in [-0.4, -0.2) is 16.0 Å². The summed E-state index contributed by atoms with van der Waals surface area (Å²) >= 11 is 0. The lowest BCUT2D eigenvalue weighted by Crippen LogP contribution is -2.42. The van der Waals surface area contributed by atoms with Crippen molar-refractivity contribution < 1.29 is 10.2 Å². The van der Waals surface area contributed by atoms with Crippen molar-refractivity contribution in [3.05, 3.63) is 22.8 Å². The van der Waals surface area contributed by atoms with Gasteiger partial charge in [0.1, 0.15) is 0 Å². The Morgan fingerprint density at radius 1 is 1.00 bits per heavy atom. The Morgan fingerprint density at radius 3 is 2.62 bits per heavy atom. The second-order valence-electron chi connectivity index (χ2n) is 8.48. The maximum absolute atomic E-state index is 9.98. The lowest BCUT2D eigenvalue weighted by atomic mass is 9.54. The minimum atomic E-state index is -1.57. The maximum atomic E-state index is 9.98. The van der Waals surface area contributed by atoms with E-state index in [2.05, 4.69) is 13.8 Å². The molecule has 4 rings (SSSR count). The van der Waals surface area contributed by atoms with Crippen molar-refractivity contribution >= 4 is 0 Å². The number of rotatable bonds is 0. The number of hydrogen-bond acceptors (Lipinski definition) is 2. The fourth-order valence-electron chi connectivity index (χ4n) is 5.93. The smallest absolute Gasteiger partial charge is 0.182 e. The molecule has 0 heterocycles. The molecule has 0 saturated heterocycles. The van der Waals surface area contributed by atoms with Gasteiger partial charge in [0.2, 0.25) is 0 Å². The molecule has 0 bridgehead atoms. The van der Waals surface area contributed by atoms with Crippen molar-refractivity contribution in [2.24, 2.45) is 16.7 Å². The first kappa shape index (κ1) is 14.0. The van der Waals surface area contributed by atoms with E-state index in [0.717, 1.165) is 25.2 Å². The van der Waals surface area contributed by atoms with E-state index in [-0.39, 0.29) is 5.41 Å². The van der Waals surface area contributed by atoms with Crippen molar-refractivity contribution in [2.45, 2.75) is 77.4 Å². The Balaban J connectivity index is 1.79. The van der Waals surface area contributed by atoms with Gasteiger partial charge in [0, 0.05) is 11.8 Å². The molecule has 1 fully saturated rings. The molecule has 0 radical (unpaired) electrons. The largest absolute Gasteiger partial charge is 0.362 e. The number of hydrogen-bond donors (Lipinski definition) is 2. The second kappa shape index (κ2) is 4.23. The third kappa shape index (κ3) is 1.91. The highest BCUT2D eigenvalue weighted by Gasteiger charge is 2.51. The number of fused-ring (bicyclic) bond motifs is 4.